The van der Waals surface area contributed by atoms with Crippen molar-refractivity contribution in [2.45, 2.75) is 19.1 Å². The Hall–Kier alpha value is -1.91. The maximum Gasteiger partial charge on any atom is 0.181 e. The highest BCUT2D eigenvalue weighted by Crippen LogP contribution is 2.17. The molecule has 1 heterocycles. The maximum atomic E-state index is 12.8. The van der Waals surface area contributed by atoms with Gasteiger partial charge < -0.3 is 10.2 Å². The van der Waals surface area contributed by atoms with E-state index in [9.17, 15) is 4.39 Å². The van der Waals surface area contributed by atoms with Crippen LogP contribution < -0.4 is 5.32 Å². The van der Waals surface area contributed by atoms with E-state index in [2.05, 4.69) is 10.5 Å². The fraction of sp³-hybridized carbons (Fsp3) is 0.235. The zero-order valence-corrected chi connectivity index (χ0v) is 12.8. The molecular weight excluding hydrogens is 303 g/mol. The second kappa shape index (κ2) is 6.90. The van der Waals surface area contributed by atoms with Crippen molar-refractivity contribution in [1.82, 2.24) is 0 Å². The van der Waals surface area contributed by atoms with Gasteiger partial charge in [0.2, 0.25) is 0 Å². The quantitative estimate of drug-likeness (QED) is 0.904. The van der Waals surface area contributed by atoms with Gasteiger partial charge in [0.15, 0.2) is 6.10 Å². The number of quaternary nitrogens is 1. The summed E-state index contributed by atoms with van der Waals surface area (Å²) in [5.41, 5.74) is 3.10. The van der Waals surface area contributed by atoms with Crippen molar-refractivity contribution in [3.8, 4) is 0 Å². The number of hydrogen-bond donors (Lipinski definition) is 1. The lowest BCUT2D eigenvalue weighted by molar-refractivity contribution is -0.676. The van der Waals surface area contributed by atoms with Crippen LogP contribution in [0.5, 0.6) is 0 Å². The van der Waals surface area contributed by atoms with Crippen LogP contribution >= 0.6 is 11.6 Å². The van der Waals surface area contributed by atoms with Crippen LogP contribution in [0.2, 0.25) is 5.02 Å². The van der Waals surface area contributed by atoms with Gasteiger partial charge in [-0.25, -0.2) is 4.39 Å². The number of halogens is 2. The number of benzene rings is 2. The summed E-state index contributed by atoms with van der Waals surface area (Å²) >= 11 is 5.88. The van der Waals surface area contributed by atoms with Crippen molar-refractivity contribution in [3.63, 3.8) is 0 Å². The van der Waals surface area contributed by atoms with Crippen molar-refractivity contribution >= 4 is 17.3 Å². The number of hydrogen-bond acceptors (Lipinski definition) is 2. The van der Waals surface area contributed by atoms with Crippen LogP contribution in [0, 0.1) is 5.82 Å². The van der Waals surface area contributed by atoms with Crippen molar-refractivity contribution < 1.29 is 14.5 Å². The molecule has 2 N–H and O–H groups in total. The Labute approximate surface area is 133 Å². The molecule has 1 aliphatic rings. The number of rotatable bonds is 5. The largest absolute Gasteiger partial charge is 0.386 e. The highest BCUT2D eigenvalue weighted by molar-refractivity contribution is 6.30. The Bertz CT molecular complexity index is 655. The third-order valence-electron chi connectivity index (χ3n) is 3.63. The van der Waals surface area contributed by atoms with E-state index in [1.807, 2.05) is 24.3 Å². The molecule has 0 aromatic heterocycles. The van der Waals surface area contributed by atoms with Crippen LogP contribution in [0.3, 0.4) is 0 Å². The van der Waals surface area contributed by atoms with Gasteiger partial charge in [-0.2, -0.15) is 0 Å². The topological polar surface area (TPSA) is 38.2 Å². The van der Waals surface area contributed by atoms with E-state index in [0.717, 1.165) is 36.3 Å². The molecule has 2 aromatic rings. The molecule has 0 saturated heterocycles. The van der Waals surface area contributed by atoms with Crippen LogP contribution in [0.1, 0.15) is 17.5 Å². The lowest BCUT2D eigenvalue weighted by atomic mass is 10.1. The predicted molar refractivity (Wildman–Crippen MR) is 84.4 cm³/mol. The maximum absolute atomic E-state index is 12.8. The van der Waals surface area contributed by atoms with Gasteiger partial charge in [-0.15, -0.1) is 0 Å². The van der Waals surface area contributed by atoms with Crippen LogP contribution in [-0.4, -0.2) is 18.4 Å². The molecule has 0 aliphatic carbocycles. The number of oxime groups is 1. The van der Waals surface area contributed by atoms with Crippen molar-refractivity contribution in [3.05, 3.63) is 70.5 Å². The summed E-state index contributed by atoms with van der Waals surface area (Å²) in [6.07, 6.45) is 0.868. The molecule has 3 rings (SSSR count). The fourth-order valence-electron chi connectivity index (χ4n) is 2.42. The zero-order chi connectivity index (χ0) is 15.4. The van der Waals surface area contributed by atoms with E-state index in [1.54, 1.807) is 12.1 Å². The molecule has 0 radical (unpaired) electrons. The third kappa shape index (κ3) is 3.84. The van der Waals surface area contributed by atoms with E-state index in [1.165, 1.54) is 12.1 Å². The van der Waals surface area contributed by atoms with Gasteiger partial charge in [-0.1, -0.05) is 41.0 Å². The Morgan fingerprint density at radius 3 is 2.59 bits per heavy atom. The molecule has 0 unspecified atom stereocenters. The molecule has 114 valence electrons. The molecular formula is C17H17ClFN2O+. The van der Waals surface area contributed by atoms with Gasteiger partial charge in [0, 0.05) is 17.0 Å². The minimum atomic E-state index is -0.205. The molecule has 2 aromatic carbocycles. The summed E-state index contributed by atoms with van der Waals surface area (Å²) in [7, 11) is 0. The monoisotopic (exact) mass is 319 g/mol. The van der Waals surface area contributed by atoms with Gasteiger partial charge >= 0.3 is 0 Å². The van der Waals surface area contributed by atoms with Gasteiger partial charge in [-0.3, -0.25) is 0 Å². The molecule has 0 bridgehead atoms. The average Bonchev–Trinajstić information content (AvgIpc) is 2.99. The summed E-state index contributed by atoms with van der Waals surface area (Å²) < 4.78 is 12.8. The summed E-state index contributed by atoms with van der Waals surface area (Å²) in [5, 5.41) is 7.02. The van der Waals surface area contributed by atoms with E-state index >= 15 is 0 Å². The first-order chi connectivity index (χ1) is 10.7. The fourth-order valence-corrected chi connectivity index (χ4v) is 2.55. The summed E-state index contributed by atoms with van der Waals surface area (Å²) in [4.78, 5) is 5.47. The van der Waals surface area contributed by atoms with Gasteiger partial charge in [0.05, 0.1) is 5.71 Å². The summed E-state index contributed by atoms with van der Waals surface area (Å²) in [5.74, 6) is -0.205. The first-order valence-corrected chi connectivity index (χ1v) is 7.63. The molecule has 1 atom stereocenters. The van der Waals surface area contributed by atoms with E-state index in [0.29, 0.717) is 5.02 Å². The smallest absolute Gasteiger partial charge is 0.181 e. The average molecular weight is 320 g/mol. The van der Waals surface area contributed by atoms with E-state index in [-0.39, 0.29) is 11.9 Å². The lowest BCUT2D eigenvalue weighted by Crippen LogP contribution is -2.84. The molecule has 5 heteroatoms. The van der Waals surface area contributed by atoms with E-state index in [4.69, 9.17) is 16.4 Å². The van der Waals surface area contributed by atoms with Crippen LogP contribution in [0.25, 0.3) is 0 Å². The lowest BCUT2D eigenvalue weighted by Gasteiger charge is -2.07. The third-order valence-corrected chi connectivity index (χ3v) is 3.89. The molecule has 1 aliphatic heterocycles. The van der Waals surface area contributed by atoms with Crippen molar-refractivity contribution in [2.24, 2.45) is 5.16 Å². The molecule has 0 amide bonds. The highest BCUT2D eigenvalue weighted by Gasteiger charge is 2.23. The predicted octanol–water partition coefficient (Wildman–Crippen LogP) is 2.74. The van der Waals surface area contributed by atoms with Gasteiger partial charge in [-0.05, 0) is 29.8 Å². The minimum Gasteiger partial charge on any atom is -0.386 e. The standard InChI is InChI=1S/C17H16ClFN2O/c18-14-5-3-13(4-6-14)17-9-16(22-21-17)11-20-10-12-1-7-15(19)8-2-12/h1-8,16,20H,9-11H2/p+1/t16-/m1/s1. The molecule has 3 nitrogen and oxygen atoms in total. The first kappa shape index (κ1) is 15.0. The molecule has 0 saturated carbocycles. The molecule has 0 fully saturated rings. The highest BCUT2D eigenvalue weighted by atomic mass is 35.5. The second-order valence-electron chi connectivity index (χ2n) is 5.33. The Morgan fingerprint density at radius 2 is 1.86 bits per heavy atom. The Kier molecular flexibility index (Phi) is 4.71. The summed E-state index contributed by atoms with van der Waals surface area (Å²) in [6, 6.07) is 14.2. The van der Waals surface area contributed by atoms with Crippen LogP contribution in [0.4, 0.5) is 4.39 Å². The van der Waals surface area contributed by atoms with Gasteiger partial charge in [0.1, 0.15) is 18.9 Å². The normalized spacial score (nSPS) is 17.2. The number of nitrogens with zero attached hydrogens (tertiary/aromatic N) is 1. The second-order valence-corrected chi connectivity index (χ2v) is 5.77. The first-order valence-electron chi connectivity index (χ1n) is 7.25. The minimum absolute atomic E-state index is 0.0751. The zero-order valence-electron chi connectivity index (χ0n) is 12.0. The van der Waals surface area contributed by atoms with Gasteiger partial charge in [0.25, 0.3) is 0 Å². The van der Waals surface area contributed by atoms with Crippen LogP contribution in [0.15, 0.2) is 53.7 Å². The van der Waals surface area contributed by atoms with Crippen molar-refractivity contribution in [2.75, 3.05) is 6.54 Å². The molecule has 0 spiro atoms. The van der Waals surface area contributed by atoms with Crippen LogP contribution in [-0.2, 0) is 11.4 Å². The molecule has 22 heavy (non-hydrogen) atoms. The SMILES string of the molecule is Fc1ccc(C[NH2+]C[C@H]2CC(c3ccc(Cl)cc3)=NO2)cc1. The van der Waals surface area contributed by atoms with E-state index < -0.39 is 0 Å². The summed E-state index contributed by atoms with van der Waals surface area (Å²) in [6.45, 7) is 1.62. The number of nitrogens with two attached hydrogens (primary N) is 1. The Balaban J connectivity index is 1.46. The van der Waals surface area contributed by atoms with Crippen molar-refractivity contribution in [1.29, 1.82) is 0 Å². The Morgan fingerprint density at radius 1 is 1.14 bits per heavy atom.